The summed E-state index contributed by atoms with van der Waals surface area (Å²) in [5.41, 5.74) is 1.52. The van der Waals surface area contributed by atoms with E-state index in [0.29, 0.717) is 28.5 Å². The molecular weight excluding hydrogens is 497 g/mol. The fourth-order valence-corrected chi connectivity index (χ4v) is 4.57. The van der Waals surface area contributed by atoms with Crippen LogP contribution in [-0.2, 0) is 16.0 Å². The first-order valence-electron chi connectivity index (χ1n) is 11.8. The molecule has 1 fully saturated rings. The summed E-state index contributed by atoms with van der Waals surface area (Å²) in [4.78, 5) is 28.1. The molecule has 1 heterocycles. The molecule has 1 saturated heterocycles. The average Bonchev–Trinajstić information content (AvgIpc) is 3.12. The molecule has 1 aliphatic heterocycles. The Kier molecular flexibility index (Phi) is 7.83. The molecule has 8 heteroatoms. The van der Waals surface area contributed by atoms with Crippen molar-refractivity contribution in [3.05, 3.63) is 99.8 Å². The normalized spacial score (nSPS) is 16.9. The number of hydrogen-bond donors (Lipinski definition) is 1. The second-order valence-electron chi connectivity index (χ2n) is 8.95. The van der Waals surface area contributed by atoms with Crippen LogP contribution in [0, 0.1) is 5.82 Å². The maximum atomic E-state index is 13.4. The highest BCUT2D eigenvalue weighted by atomic mass is 35.5. The molecule has 0 saturated carbocycles. The Morgan fingerprint density at radius 2 is 1.81 bits per heavy atom. The molecule has 0 radical (unpaired) electrons. The van der Waals surface area contributed by atoms with Crippen LogP contribution >= 0.6 is 11.6 Å². The van der Waals surface area contributed by atoms with Crippen molar-refractivity contribution >= 4 is 29.1 Å². The predicted octanol–water partition coefficient (Wildman–Crippen LogP) is 5.94. The molecule has 1 N–H and O–H groups in total. The first-order chi connectivity index (χ1) is 17.7. The van der Waals surface area contributed by atoms with E-state index in [4.69, 9.17) is 21.1 Å². The van der Waals surface area contributed by atoms with Gasteiger partial charge in [-0.1, -0.05) is 35.9 Å². The van der Waals surface area contributed by atoms with Crippen LogP contribution < -0.4 is 9.47 Å². The SMILES string of the molecule is COc1ccc(Cl)cc1/C(O)=C1\C(=O)C(=O)N(CCc2ccc(F)cc2)C1c1cccc(OC(C)C)c1. The zero-order chi connectivity index (χ0) is 26.7. The number of likely N-dealkylation sites (tertiary alicyclic amines) is 1. The van der Waals surface area contributed by atoms with Crippen LogP contribution in [0.2, 0.25) is 5.02 Å². The number of ketones is 1. The van der Waals surface area contributed by atoms with Crippen molar-refractivity contribution < 1.29 is 28.6 Å². The molecule has 0 aliphatic carbocycles. The number of aliphatic hydroxyl groups excluding tert-OH is 1. The molecule has 4 rings (SSSR count). The van der Waals surface area contributed by atoms with Gasteiger partial charge >= 0.3 is 0 Å². The first kappa shape index (κ1) is 26.2. The van der Waals surface area contributed by atoms with E-state index in [1.165, 1.54) is 30.2 Å². The van der Waals surface area contributed by atoms with Gasteiger partial charge in [-0.05, 0) is 73.9 Å². The highest BCUT2D eigenvalue weighted by Gasteiger charge is 2.46. The number of ether oxygens (including phenoxy) is 2. The number of hydrogen-bond acceptors (Lipinski definition) is 5. The summed E-state index contributed by atoms with van der Waals surface area (Å²) >= 11 is 6.17. The smallest absolute Gasteiger partial charge is 0.295 e. The lowest BCUT2D eigenvalue weighted by Crippen LogP contribution is -2.31. The fraction of sp³-hybridized carbons (Fsp3) is 0.241. The number of aliphatic hydroxyl groups is 1. The molecule has 3 aromatic carbocycles. The van der Waals surface area contributed by atoms with E-state index in [0.717, 1.165) is 5.56 Å². The third-order valence-electron chi connectivity index (χ3n) is 6.06. The number of halogens is 2. The minimum atomic E-state index is -0.889. The monoisotopic (exact) mass is 523 g/mol. The van der Waals surface area contributed by atoms with E-state index in [1.807, 2.05) is 13.8 Å². The van der Waals surface area contributed by atoms with Gasteiger partial charge in [0.2, 0.25) is 0 Å². The van der Waals surface area contributed by atoms with Gasteiger partial charge in [-0.3, -0.25) is 9.59 Å². The number of Topliss-reactive ketones (excluding diaryl/α,β-unsaturated/α-hetero) is 1. The lowest BCUT2D eigenvalue weighted by atomic mass is 9.94. The largest absolute Gasteiger partial charge is 0.507 e. The van der Waals surface area contributed by atoms with Gasteiger partial charge in [-0.25, -0.2) is 4.39 Å². The summed E-state index contributed by atoms with van der Waals surface area (Å²) < 4.78 is 24.6. The molecule has 1 aliphatic rings. The Bertz CT molecular complexity index is 1350. The second kappa shape index (κ2) is 11.0. The van der Waals surface area contributed by atoms with Crippen LogP contribution in [0.25, 0.3) is 5.76 Å². The van der Waals surface area contributed by atoms with Crippen molar-refractivity contribution in [1.29, 1.82) is 0 Å². The molecule has 0 spiro atoms. The Labute approximate surface area is 219 Å². The summed E-state index contributed by atoms with van der Waals surface area (Å²) in [7, 11) is 1.44. The molecule has 1 atom stereocenters. The molecule has 1 amide bonds. The Morgan fingerprint density at radius 1 is 1.08 bits per heavy atom. The molecule has 3 aromatic rings. The van der Waals surface area contributed by atoms with Gasteiger partial charge in [0, 0.05) is 11.6 Å². The van der Waals surface area contributed by atoms with Gasteiger partial charge in [0.15, 0.2) is 0 Å². The number of carbonyl (C=O) groups is 2. The maximum absolute atomic E-state index is 13.4. The van der Waals surface area contributed by atoms with Gasteiger partial charge in [0.05, 0.1) is 30.4 Å². The average molecular weight is 524 g/mol. The van der Waals surface area contributed by atoms with Crippen LogP contribution in [0.5, 0.6) is 11.5 Å². The van der Waals surface area contributed by atoms with Crippen LogP contribution in [-0.4, -0.2) is 41.5 Å². The minimum absolute atomic E-state index is 0.0774. The second-order valence-corrected chi connectivity index (χ2v) is 9.39. The topological polar surface area (TPSA) is 76.1 Å². The van der Waals surface area contributed by atoms with Crippen LogP contribution in [0.15, 0.2) is 72.3 Å². The van der Waals surface area contributed by atoms with Crippen molar-refractivity contribution in [2.24, 2.45) is 0 Å². The molecule has 192 valence electrons. The van der Waals surface area contributed by atoms with Crippen LogP contribution in [0.1, 0.15) is 36.6 Å². The molecule has 0 bridgehead atoms. The Hall–Kier alpha value is -3.84. The first-order valence-corrected chi connectivity index (χ1v) is 12.2. The highest BCUT2D eigenvalue weighted by Crippen LogP contribution is 2.42. The van der Waals surface area contributed by atoms with Crippen LogP contribution in [0.3, 0.4) is 0 Å². The van der Waals surface area contributed by atoms with Crippen molar-refractivity contribution in [2.45, 2.75) is 32.4 Å². The maximum Gasteiger partial charge on any atom is 0.295 e. The van der Waals surface area contributed by atoms with E-state index < -0.39 is 17.7 Å². The lowest BCUT2D eigenvalue weighted by Gasteiger charge is -2.26. The van der Waals surface area contributed by atoms with Gasteiger partial charge in [0.1, 0.15) is 23.1 Å². The van der Waals surface area contributed by atoms with Crippen molar-refractivity contribution in [3.8, 4) is 11.5 Å². The summed E-state index contributed by atoms with van der Waals surface area (Å²) in [5.74, 6) is -1.44. The summed E-state index contributed by atoms with van der Waals surface area (Å²) in [6, 6.07) is 16.8. The molecular formula is C29H27ClFNO5. The van der Waals surface area contributed by atoms with E-state index >= 15 is 0 Å². The number of amides is 1. The van der Waals surface area contributed by atoms with Crippen molar-refractivity contribution in [2.75, 3.05) is 13.7 Å². The number of carbonyl (C=O) groups excluding carboxylic acids is 2. The third-order valence-corrected chi connectivity index (χ3v) is 6.29. The summed E-state index contributed by atoms with van der Waals surface area (Å²) in [6.45, 7) is 3.96. The standard InChI is InChI=1S/C29H27ClFNO5/c1-17(2)37-22-6-4-5-19(15-22)26-25(27(33)23-16-20(30)9-12-24(23)36-3)28(34)29(35)32(26)14-13-18-7-10-21(31)11-8-18/h4-12,15-17,26,33H,13-14H2,1-3H3/b27-25+. The molecule has 1 unspecified atom stereocenters. The van der Waals surface area contributed by atoms with E-state index in [2.05, 4.69) is 0 Å². The summed E-state index contributed by atoms with van der Waals surface area (Å²) in [6.07, 6.45) is 0.294. The van der Waals surface area contributed by atoms with Gasteiger partial charge < -0.3 is 19.5 Å². The Morgan fingerprint density at radius 3 is 2.49 bits per heavy atom. The third kappa shape index (κ3) is 5.62. The highest BCUT2D eigenvalue weighted by molar-refractivity contribution is 6.46. The zero-order valence-electron chi connectivity index (χ0n) is 20.7. The Balaban J connectivity index is 1.83. The minimum Gasteiger partial charge on any atom is -0.507 e. The van der Waals surface area contributed by atoms with E-state index in [-0.39, 0.29) is 35.4 Å². The number of nitrogens with zero attached hydrogens (tertiary/aromatic N) is 1. The number of rotatable bonds is 8. The lowest BCUT2D eigenvalue weighted by molar-refractivity contribution is -0.139. The van der Waals surface area contributed by atoms with Crippen molar-refractivity contribution in [3.63, 3.8) is 0 Å². The van der Waals surface area contributed by atoms with E-state index in [1.54, 1.807) is 48.5 Å². The molecule has 6 nitrogen and oxygen atoms in total. The molecule has 37 heavy (non-hydrogen) atoms. The van der Waals surface area contributed by atoms with Gasteiger partial charge in [-0.2, -0.15) is 0 Å². The predicted molar refractivity (Wildman–Crippen MR) is 139 cm³/mol. The van der Waals surface area contributed by atoms with Crippen LogP contribution in [0.4, 0.5) is 4.39 Å². The number of benzene rings is 3. The van der Waals surface area contributed by atoms with E-state index in [9.17, 15) is 19.1 Å². The van der Waals surface area contributed by atoms with Gasteiger partial charge in [0.25, 0.3) is 11.7 Å². The summed E-state index contributed by atoms with van der Waals surface area (Å²) in [5, 5.41) is 11.7. The van der Waals surface area contributed by atoms with Crippen molar-refractivity contribution in [1.82, 2.24) is 4.90 Å². The zero-order valence-corrected chi connectivity index (χ0v) is 21.5. The quantitative estimate of drug-likeness (QED) is 0.225. The fourth-order valence-electron chi connectivity index (χ4n) is 4.40. The molecule has 0 aromatic heterocycles. The number of methoxy groups -OCH3 is 1. The van der Waals surface area contributed by atoms with Gasteiger partial charge in [-0.15, -0.1) is 0 Å².